The molecule has 0 aliphatic rings. The second kappa shape index (κ2) is 9.83. The zero-order valence-electron chi connectivity index (χ0n) is 14.5. The van der Waals surface area contributed by atoms with Gasteiger partial charge in [0.2, 0.25) is 11.8 Å². The molecule has 26 heavy (non-hydrogen) atoms. The quantitative estimate of drug-likeness (QED) is 0.614. The molecule has 0 spiro atoms. The number of hydrogen-bond donors (Lipinski definition) is 4. The molecule has 0 aliphatic carbocycles. The number of para-hydroxylation sites is 1. The average Bonchev–Trinajstić information content (AvgIpc) is 2.61. The van der Waals surface area contributed by atoms with Crippen LogP contribution in [0.15, 0.2) is 54.6 Å². The highest BCUT2D eigenvalue weighted by Gasteiger charge is 2.07. The highest BCUT2D eigenvalue weighted by Crippen LogP contribution is 2.15. The smallest absolute Gasteiger partial charge is 0.323 e. The Kier molecular flexibility index (Phi) is 7.17. The SMILES string of the molecule is CCCC(=O)NCC(=O)Nc1cccc(NC(=O)Nc2ccccc2)c1. The predicted molar refractivity (Wildman–Crippen MR) is 102 cm³/mol. The first-order valence-corrected chi connectivity index (χ1v) is 8.36. The molecule has 7 heteroatoms. The van der Waals surface area contributed by atoms with Gasteiger partial charge in [0.05, 0.1) is 6.54 Å². The van der Waals surface area contributed by atoms with Crippen molar-refractivity contribution in [2.75, 3.05) is 22.5 Å². The van der Waals surface area contributed by atoms with E-state index in [0.29, 0.717) is 23.5 Å². The number of hydrogen-bond acceptors (Lipinski definition) is 3. The number of anilines is 3. The molecule has 4 N–H and O–H groups in total. The fourth-order valence-electron chi connectivity index (χ4n) is 2.19. The average molecular weight is 354 g/mol. The number of amides is 4. The molecule has 0 atom stereocenters. The van der Waals surface area contributed by atoms with Crippen molar-refractivity contribution >= 4 is 34.9 Å². The number of benzene rings is 2. The van der Waals surface area contributed by atoms with Crippen molar-refractivity contribution in [1.82, 2.24) is 5.32 Å². The molecule has 0 saturated heterocycles. The van der Waals surface area contributed by atoms with Crippen molar-refractivity contribution < 1.29 is 14.4 Å². The van der Waals surface area contributed by atoms with Gasteiger partial charge in [-0.25, -0.2) is 4.79 Å². The highest BCUT2D eigenvalue weighted by molar-refractivity contribution is 6.00. The number of rotatable bonds is 7. The summed E-state index contributed by atoms with van der Waals surface area (Å²) in [6, 6.07) is 15.4. The van der Waals surface area contributed by atoms with Gasteiger partial charge in [-0.3, -0.25) is 9.59 Å². The van der Waals surface area contributed by atoms with Crippen LogP contribution in [0.5, 0.6) is 0 Å². The number of urea groups is 1. The van der Waals surface area contributed by atoms with E-state index in [1.807, 2.05) is 25.1 Å². The van der Waals surface area contributed by atoms with Crippen molar-refractivity contribution in [2.24, 2.45) is 0 Å². The maximum atomic E-state index is 12.0. The minimum absolute atomic E-state index is 0.0923. The lowest BCUT2D eigenvalue weighted by atomic mass is 10.2. The molecular weight excluding hydrogens is 332 g/mol. The largest absolute Gasteiger partial charge is 0.347 e. The van der Waals surface area contributed by atoms with Gasteiger partial charge in [0, 0.05) is 23.5 Å². The summed E-state index contributed by atoms with van der Waals surface area (Å²) in [6.07, 6.45) is 1.12. The van der Waals surface area contributed by atoms with Gasteiger partial charge in [0.15, 0.2) is 0 Å². The lowest BCUT2D eigenvalue weighted by Gasteiger charge is -2.10. The van der Waals surface area contributed by atoms with Crippen LogP contribution in [-0.2, 0) is 9.59 Å². The van der Waals surface area contributed by atoms with E-state index in [2.05, 4.69) is 21.3 Å². The summed E-state index contributed by atoms with van der Waals surface area (Å²) in [6.45, 7) is 1.80. The third-order valence-corrected chi connectivity index (χ3v) is 3.36. The summed E-state index contributed by atoms with van der Waals surface area (Å²) in [5, 5.41) is 10.6. The molecule has 0 unspecified atom stereocenters. The van der Waals surface area contributed by atoms with Gasteiger partial charge in [-0.1, -0.05) is 31.2 Å². The maximum Gasteiger partial charge on any atom is 0.323 e. The predicted octanol–water partition coefficient (Wildman–Crippen LogP) is 3.19. The molecule has 2 rings (SSSR count). The normalized spacial score (nSPS) is 9.88. The number of nitrogens with one attached hydrogen (secondary N) is 4. The van der Waals surface area contributed by atoms with Crippen molar-refractivity contribution in [3.63, 3.8) is 0 Å². The Bertz CT molecular complexity index is 762. The standard InChI is InChI=1S/C19H22N4O3/c1-2-7-17(24)20-13-18(25)21-15-10-6-11-16(12-15)23-19(26)22-14-8-4-3-5-9-14/h3-6,8-12H,2,7,13H2,1H3,(H,20,24)(H,21,25)(H2,22,23,26). The first kappa shape index (κ1) is 19.0. The molecule has 2 aromatic rings. The lowest BCUT2D eigenvalue weighted by Crippen LogP contribution is -2.32. The third kappa shape index (κ3) is 6.64. The summed E-state index contributed by atoms with van der Waals surface area (Å²) in [7, 11) is 0. The van der Waals surface area contributed by atoms with Gasteiger partial charge in [-0.15, -0.1) is 0 Å². The number of carbonyl (C=O) groups is 3. The molecule has 0 heterocycles. The van der Waals surface area contributed by atoms with E-state index in [9.17, 15) is 14.4 Å². The summed E-state index contributed by atoms with van der Waals surface area (Å²) in [4.78, 5) is 35.2. The van der Waals surface area contributed by atoms with E-state index in [1.165, 1.54) is 0 Å². The van der Waals surface area contributed by atoms with Crippen LogP contribution in [0.1, 0.15) is 19.8 Å². The van der Waals surface area contributed by atoms with E-state index in [4.69, 9.17) is 0 Å². The summed E-state index contributed by atoms with van der Waals surface area (Å²) < 4.78 is 0. The van der Waals surface area contributed by atoms with Crippen LogP contribution in [0.25, 0.3) is 0 Å². The van der Waals surface area contributed by atoms with E-state index in [0.717, 1.165) is 6.42 Å². The van der Waals surface area contributed by atoms with Crippen LogP contribution < -0.4 is 21.3 Å². The van der Waals surface area contributed by atoms with Crippen LogP contribution in [0.3, 0.4) is 0 Å². The monoisotopic (exact) mass is 354 g/mol. The summed E-state index contributed by atoms with van der Waals surface area (Å²) in [5.74, 6) is -0.490. The third-order valence-electron chi connectivity index (χ3n) is 3.36. The molecule has 2 aromatic carbocycles. The zero-order valence-corrected chi connectivity index (χ0v) is 14.5. The topological polar surface area (TPSA) is 99.3 Å². The van der Waals surface area contributed by atoms with Crippen LogP contribution >= 0.6 is 0 Å². The molecule has 0 fully saturated rings. The van der Waals surface area contributed by atoms with Gasteiger partial charge in [-0.05, 0) is 36.8 Å². The Hall–Kier alpha value is -3.35. The first-order chi connectivity index (χ1) is 12.6. The molecule has 7 nitrogen and oxygen atoms in total. The number of carbonyl (C=O) groups excluding carboxylic acids is 3. The first-order valence-electron chi connectivity index (χ1n) is 8.36. The van der Waals surface area contributed by atoms with Crippen molar-refractivity contribution in [3.05, 3.63) is 54.6 Å². The van der Waals surface area contributed by atoms with Crippen LogP contribution in [-0.4, -0.2) is 24.4 Å². The van der Waals surface area contributed by atoms with Crippen molar-refractivity contribution in [2.45, 2.75) is 19.8 Å². The Morgan fingerprint density at radius 1 is 0.769 bits per heavy atom. The second-order valence-electron chi connectivity index (χ2n) is 5.60. The van der Waals surface area contributed by atoms with E-state index in [-0.39, 0.29) is 24.4 Å². The van der Waals surface area contributed by atoms with Crippen molar-refractivity contribution in [3.8, 4) is 0 Å². The van der Waals surface area contributed by atoms with Gasteiger partial charge < -0.3 is 21.3 Å². The maximum absolute atomic E-state index is 12.0. The van der Waals surface area contributed by atoms with E-state index < -0.39 is 0 Å². The van der Waals surface area contributed by atoms with Crippen molar-refractivity contribution in [1.29, 1.82) is 0 Å². The van der Waals surface area contributed by atoms with Gasteiger partial charge >= 0.3 is 6.03 Å². The molecule has 0 saturated carbocycles. The minimum Gasteiger partial charge on any atom is -0.347 e. The van der Waals surface area contributed by atoms with Crippen LogP contribution in [0, 0.1) is 0 Å². The summed E-state index contributed by atoms with van der Waals surface area (Å²) >= 11 is 0. The molecule has 0 radical (unpaired) electrons. The van der Waals surface area contributed by atoms with Gasteiger partial charge in [-0.2, -0.15) is 0 Å². The van der Waals surface area contributed by atoms with Gasteiger partial charge in [0.1, 0.15) is 0 Å². The van der Waals surface area contributed by atoms with Crippen LogP contribution in [0.2, 0.25) is 0 Å². The van der Waals surface area contributed by atoms with Gasteiger partial charge in [0.25, 0.3) is 0 Å². The molecule has 0 aromatic heterocycles. The Morgan fingerprint density at radius 3 is 2.08 bits per heavy atom. The van der Waals surface area contributed by atoms with E-state index >= 15 is 0 Å². The summed E-state index contributed by atoms with van der Waals surface area (Å²) in [5.41, 5.74) is 1.74. The molecule has 136 valence electrons. The van der Waals surface area contributed by atoms with Crippen LogP contribution in [0.4, 0.5) is 21.9 Å². The molecular formula is C19H22N4O3. The molecule has 0 aliphatic heterocycles. The van der Waals surface area contributed by atoms with E-state index in [1.54, 1.807) is 36.4 Å². The minimum atomic E-state index is -0.383. The lowest BCUT2D eigenvalue weighted by molar-refractivity contribution is -0.124. The fraction of sp³-hybridized carbons (Fsp3) is 0.211. The Morgan fingerprint density at radius 2 is 1.38 bits per heavy atom. The zero-order chi connectivity index (χ0) is 18.8. The highest BCUT2D eigenvalue weighted by atomic mass is 16.2. The second-order valence-corrected chi connectivity index (χ2v) is 5.60. The molecule has 4 amide bonds. The Balaban J connectivity index is 1.86. The Labute approximate surface area is 152 Å². The molecule has 0 bridgehead atoms. The fourth-order valence-corrected chi connectivity index (χ4v) is 2.19.